The fourth-order valence-electron chi connectivity index (χ4n) is 4.28. The van der Waals surface area contributed by atoms with Crippen LogP contribution in [-0.4, -0.2) is 16.8 Å². The average Bonchev–Trinajstić information content (AvgIpc) is 3.21. The highest BCUT2D eigenvalue weighted by atomic mass is 35.5. The van der Waals surface area contributed by atoms with E-state index < -0.39 is 46.8 Å². The molecule has 0 saturated carbocycles. The number of pyridine rings is 1. The molecule has 1 atom stereocenters. The van der Waals surface area contributed by atoms with Crippen LogP contribution in [0, 0.1) is 11.6 Å². The van der Waals surface area contributed by atoms with Gasteiger partial charge in [-0.2, -0.15) is 13.2 Å². The van der Waals surface area contributed by atoms with Crippen LogP contribution >= 0.6 is 11.6 Å². The smallest absolute Gasteiger partial charge is 0.341 e. The minimum Gasteiger partial charge on any atom is -0.341 e. The van der Waals surface area contributed by atoms with E-state index in [1.54, 1.807) is 18.2 Å². The predicted molar refractivity (Wildman–Crippen MR) is 130 cm³/mol. The first-order valence-electron chi connectivity index (χ1n) is 11.0. The Morgan fingerprint density at radius 3 is 2.47 bits per heavy atom. The second-order valence-electron chi connectivity index (χ2n) is 8.48. The fourth-order valence-corrected chi connectivity index (χ4v) is 4.51. The van der Waals surface area contributed by atoms with Crippen LogP contribution in [-0.2, 0) is 6.18 Å². The summed E-state index contributed by atoms with van der Waals surface area (Å²) in [6.45, 7) is 0. The fraction of sp³-hybridized carbons (Fsp3) is 0.0741. The van der Waals surface area contributed by atoms with Gasteiger partial charge in [0.05, 0.1) is 11.6 Å². The molecule has 5 rings (SSSR count). The van der Waals surface area contributed by atoms with Crippen LogP contribution in [0.15, 0.2) is 73.1 Å². The maximum absolute atomic E-state index is 14.1. The van der Waals surface area contributed by atoms with Crippen molar-refractivity contribution in [2.75, 3.05) is 5.32 Å². The summed E-state index contributed by atoms with van der Waals surface area (Å²) >= 11 is 6.29. The number of carbonyl (C=O) groups is 2. The van der Waals surface area contributed by atoms with Crippen molar-refractivity contribution < 1.29 is 31.5 Å². The van der Waals surface area contributed by atoms with Crippen LogP contribution < -0.4 is 10.6 Å². The summed E-state index contributed by atoms with van der Waals surface area (Å²) in [5, 5.41) is 5.35. The van der Waals surface area contributed by atoms with Crippen LogP contribution in [0.1, 0.15) is 43.4 Å². The first-order chi connectivity index (χ1) is 18.0. The Morgan fingerprint density at radius 2 is 1.76 bits per heavy atom. The van der Waals surface area contributed by atoms with Gasteiger partial charge in [0.15, 0.2) is 0 Å². The molecule has 0 spiro atoms. The largest absolute Gasteiger partial charge is 0.416 e. The van der Waals surface area contributed by atoms with Gasteiger partial charge in [0.1, 0.15) is 11.6 Å². The highest BCUT2D eigenvalue weighted by Crippen LogP contribution is 2.42. The number of amides is 2. The molecule has 2 amide bonds. The van der Waals surface area contributed by atoms with Crippen LogP contribution in [0.2, 0.25) is 5.02 Å². The predicted octanol–water partition coefficient (Wildman–Crippen LogP) is 6.78. The third kappa shape index (κ3) is 4.82. The topological polar surface area (TPSA) is 71.1 Å². The number of alkyl halides is 3. The SMILES string of the molecule is O=C(Nc1cc(-c2cccnc2)cc2c1[C@H](c1cc(F)ccc1Cl)NC2=O)c1cc(F)cc(C(F)(F)F)c1. The number of anilines is 1. The molecule has 38 heavy (non-hydrogen) atoms. The number of benzene rings is 3. The molecule has 192 valence electrons. The molecule has 0 radical (unpaired) electrons. The van der Waals surface area contributed by atoms with Crippen molar-refractivity contribution in [1.29, 1.82) is 0 Å². The quantitative estimate of drug-likeness (QED) is 0.279. The second-order valence-corrected chi connectivity index (χ2v) is 8.89. The summed E-state index contributed by atoms with van der Waals surface area (Å²) in [6, 6.07) is 10.5. The molecule has 0 aliphatic carbocycles. The summed E-state index contributed by atoms with van der Waals surface area (Å²) < 4.78 is 67.7. The van der Waals surface area contributed by atoms with Crippen molar-refractivity contribution >= 4 is 29.1 Å². The van der Waals surface area contributed by atoms with Gasteiger partial charge in [-0.25, -0.2) is 8.78 Å². The molecule has 11 heteroatoms. The van der Waals surface area contributed by atoms with Crippen molar-refractivity contribution in [2.45, 2.75) is 12.2 Å². The molecule has 0 fully saturated rings. The molecule has 1 aromatic heterocycles. The van der Waals surface area contributed by atoms with Gasteiger partial charge in [0, 0.05) is 50.9 Å². The lowest BCUT2D eigenvalue weighted by Gasteiger charge is -2.19. The molecule has 5 nitrogen and oxygen atoms in total. The second kappa shape index (κ2) is 9.53. The third-order valence-corrected chi connectivity index (χ3v) is 6.33. The minimum atomic E-state index is -4.88. The summed E-state index contributed by atoms with van der Waals surface area (Å²) in [4.78, 5) is 30.1. The number of halogens is 6. The molecule has 0 unspecified atom stereocenters. The van der Waals surface area contributed by atoms with Crippen LogP contribution in [0.3, 0.4) is 0 Å². The van der Waals surface area contributed by atoms with E-state index in [2.05, 4.69) is 15.6 Å². The summed E-state index contributed by atoms with van der Waals surface area (Å²) in [5.41, 5.74) is -0.298. The number of fused-ring (bicyclic) bond motifs is 1. The molecule has 0 bridgehead atoms. The highest BCUT2D eigenvalue weighted by Gasteiger charge is 2.36. The van der Waals surface area contributed by atoms with Gasteiger partial charge in [-0.05, 0) is 60.2 Å². The van der Waals surface area contributed by atoms with E-state index in [-0.39, 0.29) is 33.5 Å². The summed E-state index contributed by atoms with van der Waals surface area (Å²) in [5.74, 6) is -3.47. The molecule has 1 aliphatic heterocycles. The number of nitrogens with zero attached hydrogens (tertiary/aromatic N) is 1. The molecular weight excluding hydrogens is 529 g/mol. The molecule has 1 aliphatic rings. The van der Waals surface area contributed by atoms with E-state index in [1.807, 2.05) is 0 Å². The van der Waals surface area contributed by atoms with Gasteiger partial charge >= 0.3 is 6.18 Å². The lowest BCUT2D eigenvalue weighted by molar-refractivity contribution is -0.137. The first kappa shape index (κ1) is 25.3. The van der Waals surface area contributed by atoms with Crippen molar-refractivity contribution in [2.24, 2.45) is 0 Å². The maximum Gasteiger partial charge on any atom is 0.416 e. The Morgan fingerprint density at radius 1 is 0.974 bits per heavy atom. The lowest BCUT2D eigenvalue weighted by atomic mass is 9.93. The maximum atomic E-state index is 14.1. The monoisotopic (exact) mass is 543 g/mol. The molecule has 4 aromatic rings. The zero-order valence-corrected chi connectivity index (χ0v) is 19.8. The van der Waals surface area contributed by atoms with E-state index in [1.165, 1.54) is 24.5 Å². The lowest BCUT2D eigenvalue weighted by Crippen LogP contribution is -2.21. The Hall–Kier alpha value is -4.31. The first-order valence-corrected chi connectivity index (χ1v) is 11.4. The Balaban J connectivity index is 1.66. The van der Waals surface area contributed by atoms with Gasteiger partial charge in [-0.15, -0.1) is 0 Å². The van der Waals surface area contributed by atoms with Crippen molar-refractivity contribution in [3.8, 4) is 11.1 Å². The van der Waals surface area contributed by atoms with Crippen LogP contribution in [0.5, 0.6) is 0 Å². The number of hydrogen-bond acceptors (Lipinski definition) is 3. The van der Waals surface area contributed by atoms with Gasteiger partial charge in [0.2, 0.25) is 0 Å². The van der Waals surface area contributed by atoms with Gasteiger partial charge in [0.25, 0.3) is 11.8 Å². The summed E-state index contributed by atoms with van der Waals surface area (Å²) in [6.07, 6.45) is -1.83. The number of carbonyl (C=O) groups excluding carboxylic acids is 2. The van der Waals surface area contributed by atoms with Gasteiger partial charge < -0.3 is 10.6 Å². The number of rotatable bonds is 4. The third-order valence-electron chi connectivity index (χ3n) is 5.99. The normalized spacial score (nSPS) is 14.7. The Bertz CT molecular complexity index is 1590. The van der Waals surface area contributed by atoms with E-state index in [0.717, 1.165) is 12.1 Å². The van der Waals surface area contributed by atoms with E-state index >= 15 is 0 Å². The van der Waals surface area contributed by atoms with E-state index in [0.29, 0.717) is 23.3 Å². The van der Waals surface area contributed by atoms with Crippen LogP contribution in [0.25, 0.3) is 11.1 Å². The molecule has 2 N–H and O–H groups in total. The average molecular weight is 544 g/mol. The molecular formula is C27H15ClF5N3O2. The van der Waals surface area contributed by atoms with Crippen LogP contribution in [0.4, 0.5) is 27.6 Å². The Kier molecular flexibility index (Phi) is 6.36. The van der Waals surface area contributed by atoms with Crippen molar-refractivity contribution in [3.63, 3.8) is 0 Å². The number of aromatic nitrogens is 1. The molecule has 2 heterocycles. The molecule has 0 saturated heterocycles. The van der Waals surface area contributed by atoms with Crippen molar-refractivity contribution in [1.82, 2.24) is 10.3 Å². The van der Waals surface area contributed by atoms with Gasteiger partial charge in [-0.3, -0.25) is 14.6 Å². The number of nitrogens with one attached hydrogen (secondary N) is 2. The minimum absolute atomic E-state index is 0.0350. The molecule has 3 aromatic carbocycles. The number of hydrogen-bond donors (Lipinski definition) is 2. The van der Waals surface area contributed by atoms with Gasteiger partial charge in [-0.1, -0.05) is 17.7 Å². The standard InChI is InChI=1S/C27H15ClF5N3O2/c28-21-4-3-17(29)11-19(21)24-23-20(26(38)36-24)8-14(13-2-1-5-34-12-13)9-22(23)35-25(37)15-6-16(27(31,32)33)10-18(30)7-15/h1-12,24H,(H,35,37)(H,36,38)/t24-/m0/s1. The van der Waals surface area contributed by atoms with E-state index in [4.69, 9.17) is 11.6 Å². The highest BCUT2D eigenvalue weighted by molar-refractivity contribution is 6.31. The Labute approximate surface area is 217 Å². The summed E-state index contributed by atoms with van der Waals surface area (Å²) in [7, 11) is 0. The van der Waals surface area contributed by atoms with Crippen molar-refractivity contribution in [3.05, 3.63) is 118 Å². The zero-order chi connectivity index (χ0) is 27.2. The zero-order valence-electron chi connectivity index (χ0n) is 19.0. The van der Waals surface area contributed by atoms with E-state index in [9.17, 15) is 31.5 Å².